The first-order chi connectivity index (χ1) is 7.52. The first kappa shape index (κ1) is 10.6. The predicted molar refractivity (Wildman–Crippen MR) is 56.3 cm³/mol. The minimum Gasteiger partial charge on any atom is -0.481 e. The molecule has 5 heteroatoms. The third-order valence-electron chi connectivity index (χ3n) is 2.98. The van der Waals surface area contributed by atoms with Gasteiger partial charge in [0, 0.05) is 17.5 Å². The van der Waals surface area contributed by atoms with Crippen molar-refractivity contribution in [3.05, 3.63) is 39.4 Å². The molecular weight excluding hydrogens is 210 g/mol. The Kier molecular flexibility index (Phi) is 2.38. The molecule has 84 valence electrons. The molecule has 16 heavy (non-hydrogen) atoms. The second kappa shape index (κ2) is 3.59. The van der Waals surface area contributed by atoms with Gasteiger partial charge in [-0.25, -0.2) is 0 Å². The number of benzene rings is 1. The van der Waals surface area contributed by atoms with Gasteiger partial charge in [0.25, 0.3) is 5.69 Å². The van der Waals surface area contributed by atoms with Gasteiger partial charge in [-0.15, -0.1) is 0 Å². The molecule has 1 aromatic carbocycles. The van der Waals surface area contributed by atoms with Crippen LogP contribution in [0.3, 0.4) is 0 Å². The second-order valence-electron chi connectivity index (χ2n) is 4.05. The molecule has 1 saturated carbocycles. The van der Waals surface area contributed by atoms with E-state index in [1.165, 1.54) is 6.07 Å². The van der Waals surface area contributed by atoms with Gasteiger partial charge >= 0.3 is 5.97 Å². The molecule has 0 radical (unpaired) electrons. The Balaban J connectivity index is 2.41. The highest BCUT2D eigenvalue weighted by Gasteiger charge is 2.47. The number of nitro groups is 1. The summed E-state index contributed by atoms with van der Waals surface area (Å²) < 4.78 is 0. The van der Waals surface area contributed by atoms with E-state index in [2.05, 4.69) is 0 Å². The highest BCUT2D eigenvalue weighted by molar-refractivity contribution is 5.76. The number of hydrogen-bond donors (Lipinski definition) is 1. The van der Waals surface area contributed by atoms with Crippen molar-refractivity contribution < 1.29 is 14.8 Å². The summed E-state index contributed by atoms with van der Waals surface area (Å²) in [4.78, 5) is 21.2. The summed E-state index contributed by atoms with van der Waals surface area (Å²) in [6, 6.07) is 4.83. The number of aliphatic carboxylic acids is 1. The van der Waals surface area contributed by atoms with Crippen LogP contribution in [0.25, 0.3) is 0 Å². The molecule has 0 saturated heterocycles. The lowest BCUT2D eigenvalue weighted by Gasteiger charge is -2.04. The van der Waals surface area contributed by atoms with Crippen LogP contribution in [0.15, 0.2) is 18.2 Å². The van der Waals surface area contributed by atoms with Gasteiger partial charge in [0.2, 0.25) is 0 Å². The number of carbonyl (C=O) groups is 1. The summed E-state index contributed by atoms with van der Waals surface area (Å²) in [5, 5.41) is 19.7. The minimum absolute atomic E-state index is 0.0359. The maximum absolute atomic E-state index is 10.8. The molecule has 0 amide bonds. The summed E-state index contributed by atoms with van der Waals surface area (Å²) in [5.41, 5.74) is 1.41. The van der Waals surface area contributed by atoms with Gasteiger partial charge in [0.15, 0.2) is 0 Å². The highest BCUT2D eigenvalue weighted by atomic mass is 16.6. The maximum atomic E-state index is 10.8. The van der Waals surface area contributed by atoms with Crippen molar-refractivity contribution in [2.75, 3.05) is 0 Å². The zero-order valence-corrected chi connectivity index (χ0v) is 8.71. The van der Waals surface area contributed by atoms with E-state index >= 15 is 0 Å². The van der Waals surface area contributed by atoms with Crippen LogP contribution in [-0.2, 0) is 4.79 Å². The topological polar surface area (TPSA) is 80.4 Å². The van der Waals surface area contributed by atoms with Crippen molar-refractivity contribution >= 4 is 11.7 Å². The van der Waals surface area contributed by atoms with E-state index in [1.54, 1.807) is 19.1 Å². The maximum Gasteiger partial charge on any atom is 0.307 e. The first-order valence-corrected chi connectivity index (χ1v) is 4.99. The minimum atomic E-state index is -0.873. The van der Waals surface area contributed by atoms with E-state index in [9.17, 15) is 14.9 Å². The summed E-state index contributed by atoms with van der Waals surface area (Å²) >= 11 is 0. The average molecular weight is 221 g/mol. The standard InChI is InChI=1S/C11H11NO4/c1-6-3-2-4-9(12(15)16)10(6)7-5-8(7)11(13)14/h2-4,7-8H,5H2,1H3,(H,13,14)/t7-,8-/m1/s1. The van der Waals surface area contributed by atoms with Crippen LogP contribution in [0.1, 0.15) is 23.5 Å². The summed E-state index contributed by atoms with van der Waals surface area (Å²) in [7, 11) is 0. The molecule has 0 unspecified atom stereocenters. The predicted octanol–water partition coefficient (Wildman–Crippen LogP) is 2.09. The zero-order chi connectivity index (χ0) is 11.9. The van der Waals surface area contributed by atoms with E-state index in [4.69, 9.17) is 5.11 Å². The molecule has 1 aliphatic rings. The third-order valence-corrected chi connectivity index (χ3v) is 2.98. The Hall–Kier alpha value is -1.91. The Bertz CT molecular complexity index is 469. The fourth-order valence-corrected chi connectivity index (χ4v) is 2.09. The fraction of sp³-hybridized carbons (Fsp3) is 0.364. The van der Waals surface area contributed by atoms with E-state index in [-0.39, 0.29) is 11.6 Å². The molecule has 1 aliphatic carbocycles. The number of hydrogen-bond acceptors (Lipinski definition) is 3. The summed E-state index contributed by atoms with van der Waals surface area (Å²) in [5.74, 6) is -1.53. The van der Waals surface area contributed by atoms with E-state index < -0.39 is 16.8 Å². The lowest BCUT2D eigenvalue weighted by molar-refractivity contribution is -0.385. The molecule has 2 rings (SSSR count). The molecule has 0 heterocycles. The van der Waals surface area contributed by atoms with Gasteiger partial charge in [-0.05, 0) is 18.9 Å². The lowest BCUT2D eigenvalue weighted by atomic mass is 10.0. The van der Waals surface area contributed by atoms with Crippen molar-refractivity contribution in [1.82, 2.24) is 0 Å². The Morgan fingerprint density at radius 3 is 2.75 bits per heavy atom. The number of nitro benzene ring substituents is 1. The van der Waals surface area contributed by atoms with Crippen LogP contribution in [-0.4, -0.2) is 16.0 Å². The highest BCUT2D eigenvalue weighted by Crippen LogP contribution is 2.51. The van der Waals surface area contributed by atoms with Crippen LogP contribution in [0, 0.1) is 23.0 Å². The Morgan fingerprint density at radius 1 is 1.56 bits per heavy atom. The zero-order valence-electron chi connectivity index (χ0n) is 8.71. The molecule has 2 atom stereocenters. The number of rotatable bonds is 3. The van der Waals surface area contributed by atoms with Gasteiger partial charge < -0.3 is 5.11 Å². The first-order valence-electron chi connectivity index (χ1n) is 4.99. The molecule has 0 spiro atoms. The van der Waals surface area contributed by atoms with Crippen LogP contribution >= 0.6 is 0 Å². The van der Waals surface area contributed by atoms with Gasteiger partial charge in [-0.3, -0.25) is 14.9 Å². The van der Waals surface area contributed by atoms with Crippen LogP contribution in [0.5, 0.6) is 0 Å². The normalized spacial score (nSPS) is 22.8. The Morgan fingerprint density at radius 2 is 2.25 bits per heavy atom. The van der Waals surface area contributed by atoms with E-state index in [0.717, 1.165) is 5.56 Å². The molecule has 0 bridgehead atoms. The summed E-state index contributed by atoms with van der Waals surface area (Å²) in [6.07, 6.45) is 0.501. The molecular formula is C11H11NO4. The lowest BCUT2D eigenvalue weighted by Crippen LogP contribution is -2.02. The Labute approximate surface area is 91.9 Å². The van der Waals surface area contributed by atoms with Crippen molar-refractivity contribution in [2.24, 2.45) is 5.92 Å². The second-order valence-corrected chi connectivity index (χ2v) is 4.05. The fourth-order valence-electron chi connectivity index (χ4n) is 2.09. The van der Waals surface area contributed by atoms with Gasteiger partial charge in [-0.2, -0.15) is 0 Å². The molecule has 0 aliphatic heterocycles. The quantitative estimate of drug-likeness (QED) is 0.626. The van der Waals surface area contributed by atoms with Crippen molar-refractivity contribution in [1.29, 1.82) is 0 Å². The van der Waals surface area contributed by atoms with Crippen molar-refractivity contribution in [3.63, 3.8) is 0 Å². The van der Waals surface area contributed by atoms with Crippen molar-refractivity contribution in [2.45, 2.75) is 19.3 Å². The largest absolute Gasteiger partial charge is 0.481 e. The smallest absolute Gasteiger partial charge is 0.307 e. The molecule has 1 N–H and O–H groups in total. The van der Waals surface area contributed by atoms with Crippen LogP contribution in [0.2, 0.25) is 0 Å². The van der Waals surface area contributed by atoms with Crippen LogP contribution < -0.4 is 0 Å². The molecule has 1 fully saturated rings. The molecule has 0 aromatic heterocycles. The number of carboxylic acids is 1. The van der Waals surface area contributed by atoms with Crippen molar-refractivity contribution in [3.8, 4) is 0 Å². The van der Waals surface area contributed by atoms with Gasteiger partial charge in [0.1, 0.15) is 0 Å². The van der Waals surface area contributed by atoms with E-state index in [0.29, 0.717) is 12.0 Å². The monoisotopic (exact) mass is 221 g/mol. The number of aryl methyl sites for hydroxylation is 1. The number of carboxylic acid groups (broad SMARTS) is 1. The molecule has 1 aromatic rings. The van der Waals surface area contributed by atoms with E-state index in [1.807, 2.05) is 0 Å². The summed E-state index contributed by atoms with van der Waals surface area (Å²) in [6.45, 7) is 1.78. The third kappa shape index (κ3) is 1.64. The SMILES string of the molecule is Cc1cccc([N+](=O)[O-])c1[C@@H]1C[C@H]1C(=O)O. The number of nitrogens with zero attached hydrogens (tertiary/aromatic N) is 1. The van der Waals surface area contributed by atoms with Crippen LogP contribution in [0.4, 0.5) is 5.69 Å². The van der Waals surface area contributed by atoms with Gasteiger partial charge in [-0.1, -0.05) is 12.1 Å². The average Bonchev–Trinajstić information content (AvgIpc) is 2.96. The van der Waals surface area contributed by atoms with Gasteiger partial charge in [0.05, 0.1) is 10.8 Å². The molecule has 5 nitrogen and oxygen atoms in total.